The van der Waals surface area contributed by atoms with Gasteiger partial charge in [0.2, 0.25) is 0 Å². The minimum Gasteiger partial charge on any atom is -0.330 e. The Labute approximate surface area is 76.1 Å². The number of hydrogen-bond donors (Lipinski definition) is 1. The molecule has 1 atom stereocenters. The smallest absolute Gasteiger partial charge is 0.0105 e. The number of hydrogen-bond acceptors (Lipinski definition) is 2. The molecule has 1 unspecified atom stereocenters. The Bertz CT molecular complexity index is 143. The van der Waals surface area contributed by atoms with Crippen molar-refractivity contribution < 1.29 is 0 Å². The Morgan fingerprint density at radius 3 is 2.50 bits per heavy atom. The molecule has 2 heteroatoms. The molecule has 0 amide bonds. The first-order valence-electron chi connectivity index (χ1n) is 4.95. The molecule has 0 bridgehead atoms. The van der Waals surface area contributed by atoms with Gasteiger partial charge >= 0.3 is 0 Å². The van der Waals surface area contributed by atoms with Crippen molar-refractivity contribution in [3.8, 4) is 0 Å². The first-order valence-corrected chi connectivity index (χ1v) is 4.95. The lowest BCUT2D eigenvalue weighted by Crippen LogP contribution is -2.45. The van der Waals surface area contributed by atoms with Crippen LogP contribution in [0.4, 0.5) is 0 Å². The average Bonchev–Trinajstić information content (AvgIpc) is 2.02. The first-order chi connectivity index (χ1) is 5.55. The number of likely N-dealkylation sites (tertiary alicyclic amines) is 1. The lowest BCUT2D eigenvalue weighted by atomic mass is 9.84. The van der Waals surface area contributed by atoms with Crippen LogP contribution in [0.5, 0.6) is 0 Å². The highest BCUT2D eigenvalue weighted by Crippen LogP contribution is 2.26. The molecule has 1 aliphatic rings. The van der Waals surface area contributed by atoms with E-state index in [4.69, 9.17) is 5.73 Å². The van der Waals surface area contributed by atoms with Gasteiger partial charge in [0.15, 0.2) is 0 Å². The van der Waals surface area contributed by atoms with Crippen molar-refractivity contribution in [2.75, 3.05) is 20.1 Å². The SMILES string of the molecule is CN1CCC1CCC(C)(C)CN. The van der Waals surface area contributed by atoms with E-state index >= 15 is 0 Å². The van der Waals surface area contributed by atoms with Gasteiger partial charge in [0.1, 0.15) is 0 Å². The van der Waals surface area contributed by atoms with E-state index in [9.17, 15) is 0 Å². The third-order valence-corrected chi connectivity index (χ3v) is 3.15. The minimum atomic E-state index is 0.344. The molecule has 0 saturated carbocycles. The van der Waals surface area contributed by atoms with Crippen molar-refractivity contribution in [2.24, 2.45) is 11.1 Å². The molecule has 12 heavy (non-hydrogen) atoms. The topological polar surface area (TPSA) is 29.3 Å². The van der Waals surface area contributed by atoms with Crippen LogP contribution in [0.15, 0.2) is 0 Å². The number of nitrogens with two attached hydrogens (primary N) is 1. The van der Waals surface area contributed by atoms with E-state index in [0.717, 1.165) is 12.6 Å². The van der Waals surface area contributed by atoms with Gasteiger partial charge in [0.25, 0.3) is 0 Å². The molecule has 1 rings (SSSR count). The lowest BCUT2D eigenvalue weighted by Gasteiger charge is -2.39. The van der Waals surface area contributed by atoms with E-state index in [1.807, 2.05) is 0 Å². The van der Waals surface area contributed by atoms with Crippen LogP contribution >= 0.6 is 0 Å². The Balaban J connectivity index is 2.16. The minimum absolute atomic E-state index is 0.344. The molecule has 0 aromatic rings. The van der Waals surface area contributed by atoms with Crippen LogP contribution in [0.25, 0.3) is 0 Å². The highest BCUT2D eigenvalue weighted by molar-refractivity contribution is 4.82. The van der Waals surface area contributed by atoms with Crippen LogP contribution in [-0.2, 0) is 0 Å². The summed E-state index contributed by atoms with van der Waals surface area (Å²) in [4.78, 5) is 2.44. The summed E-state index contributed by atoms with van der Waals surface area (Å²) >= 11 is 0. The molecule has 0 spiro atoms. The average molecular weight is 170 g/mol. The molecule has 2 nitrogen and oxygen atoms in total. The maximum Gasteiger partial charge on any atom is 0.0105 e. The zero-order chi connectivity index (χ0) is 9.19. The summed E-state index contributed by atoms with van der Waals surface area (Å²) in [6, 6.07) is 0.843. The van der Waals surface area contributed by atoms with Gasteiger partial charge in [-0.2, -0.15) is 0 Å². The largest absolute Gasteiger partial charge is 0.330 e. The zero-order valence-electron chi connectivity index (χ0n) is 8.64. The fourth-order valence-corrected chi connectivity index (χ4v) is 1.59. The molecular formula is C10H22N2. The molecule has 0 radical (unpaired) electrons. The third-order valence-electron chi connectivity index (χ3n) is 3.15. The molecule has 72 valence electrons. The molecule has 0 aliphatic carbocycles. The van der Waals surface area contributed by atoms with Crippen LogP contribution in [0.3, 0.4) is 0 Å². The molecule has 0 aromatic carbocycles. The van der Waals surface area contributed by atoms with Crippen LogP contribution < -0.4 is 5.73 Å². The quantitative estimate of drug-likeness (QED) is 0.692. The van der Waals surface area contributed by atoms with Gasteiger partial charge in [0.05, 0.1) is 0 Å². The summed E-state index contributed by atoms with van der Waals surface area (Å²) in [5, 5.41) is 0. The summed E-state index contributed by atoms with van der Waals surface area (Å²) in [6.07, 6.45) is 3.97. The highest BCUT2D eigenvalue weighted by Gasteiger charge is 2.26. The Kier molecular flexibility index (Phi) is 3.13. The van der Waals surface area contributed by atoms with E-state index in [0.29, 0.717) is 5.41 Å². The van der Waals surface area contributed by atoms with Gasteiger partial charge in [-0.15, -0.1) is 0 Å². The van der Waals surface area contributed by atoms with Gasteiger partial charge in [-0.25, -0.2) is 0 Å². The van der Waals surface area contributed by atoms with Crippen molar-refractivity contribution in [1.29, 1.82) is 0 Å². The number of rotatable bonds is 4. The summed E-state index contributed by atoms with van der Waals surface area (Å²) in [6.45, 7) is 6.61. The maximum absolute atomic E-state index is 5.67. The standard InChI is InChI=1S/C10H22N2/c1-10(2,8-11)6-4-9-5-7-12(9)3/h9H,4-8,11H2,1-3H3. The van der Waals surface area contributed by atoms with Gasteiger partial charge in [0, 0.05) is 6.04 Å². The summed E-state index contributed by atoms with van der Waals surface area (Å²) in [7, 11) is 2.21. The van der Waals surface area contributed by atoms with E-state index in [2.05, 4.69) is 25.8 Å². The zero-order valence-corrected chi connectivity index (χ0v) is 8.64. The van der Waals surface area contributed by atoms with Crippen molar-refractivity contribution in [1.82, 2.24) is 4.90 Å². The monoisotopic (exact) mass is 170 g/mol. The molecule has 1 aliphatic heterocycles. The second-order valence-electron chi connectivity index (χ2n) is 4.83. The Hall–Kier alpha value is -0.0800. The van der Waals surface area contributed by atoms with Crippen molar-refractivity contribution in [3.63, 3.8) is 0 Å². The van der Waals surface area contributed by atoms with Gasteiger partial charge in [-0.3, -0.25) is 0 Å². The van der Waals surface area contributed by atoms with Gasteiger partial charge in [-0.05, 0) is 44.8 Å². The van der Waals surface area contributed by atoms with Crippen molar-refractivity contribution in [2.45, 2.75) is 39.2 Å². The van der Waals surface area contributed by atoms with Crippen LogP contribution in [0.2, 0.25) is 0 Å². The molecule has 1 heterocycles. The summed E-state index contributed by atoms with van der Waals surface area (Å²) < 4.78 is 0. The van der Waals surface area contributed by atoms with Crippen LogP contribution in [-0.4, -0.2) is 31.1 Å². The third kappa shape index (κ3) is 2.46. The van der Waals surface area contributed by atoms with E-state index in [1.165, 1.54) is 25.8 Å². The fourth-order valence-electron chi connectivity index (χ4n) is 1.59. The second kappa shape index (κ2) is 3.75. The Morgan fingerprint density at radius 1 is 1.50 bits per heavy atom. The molecule has 1 saturated heterocycles. The van der Waals surface area contributed by atoms with Gasteiger partial charge < -0.3 is 10.6 Å². The van der Waals surface area contributed by atoms with Crippen LogP contribution in [0.1, 0.15) is 33.1 Å². The normalized spacial score (nSPS) is 25.5. The molecule has 2 N–H and O–H groups in total. The predicted octanol–water partition coefficient (Wildman–Crippen LogP) is 1.46. The molecular weight excluding hydrogens is 148 g/mol. The highest BCUT2D eigenvalue weighted by atomic mass is 15.2. The molecule has 0 aromatic heterocycles. The van der Waals surface area contributed by atoms with Crippen LogP contribution in [0, 0.1) is 5.41 Å². The van der Waals surface area contributed by atoms with Crippen molar-refractivity contribution >= 4 is 0 Å². The molecule has 1 fully saturated rings. The lowest BCUT2D eigenvalue weighted by molar-refractivity contribution is 0.105. The number of nitrogens with zero attached hydrogens (tertiary/aromatic N) is 1. The van der Waals surface area contributed by atoms with Gasteiger partial charge in [-0.1, -0.05) is 13.8 Å². The van der Waals surface area contributed by atoms with Crippen molar-refractivity contribution in [3.05, 3.63) is 0 Å². The summed E-state index contributed by atoms with van der Waals surface area (Å²) in [5.41, 5.74) is 6.02. The maximum atomic E-state index is 5.67. The summed E-state index contributed by atoms with van der Waals surface area (Å²) in [5.74, 6) is 0. The second-order valence-corrected chi connectivity index (χ2v) is 4.83. The fraction of sp³-hybridized carbons (Fsp3) is 1.00. The first kappa shape index (κ1) is 10.0. The predicted molar refractivity (Wildman–Crippen MR) is 53.1 cm³/mol. The van der Waals surface area contributed by atoms with E-state index < -0.39 is 0 Å². The van der Waals surface area contributed by atoms with E-state index in [-0.39, 0.29) is 0 Å². The van der Waals surface area contributed by atoms with E-state index in [1.54, 1.807) is 0 Å². The Morgan fingerprint density at radius 2 is 2.17 bits per heavy atom.